The van der Waals surface area contributed by atoms with Gasteiger partial charge in [0.25, 0.3) is 5.69 Å². The van der Waals surface area contributed by atoms with Crippen molar-refractivity contribution in [3.05, 3.63) is 92.8 Å². The Kier molecular flexibility index (Phi) is 5.56. The monoisotopic (exact) mass is 411 g/mol. The molecule has 1 aliphatic heterocycles. The molecule has 1 aromatic heterocycles. The summed E-state index contributed by atoms with van der Waals surface area (Å²) in [4.78, 5) is 13.2. The molecule has 0 saturated heterocycles. The number of non-ortho nitro benzene ring substituents is 1. The Bertz CT molecular complexity index is 1030. The number of aromatic nitrogens is 1. The van der Waals surface area contributed by atoms with Crippen LogP contribution in [0.4, 0.5) is 5.69 Å². The molecule has 7 heteroatoms. The van der Waals surface area contributed by atoms with E-state index in [1.54, 1.807) is 19.2 Å². The van der Waals surface area contributed by atoms with Crippen LogP contribution in [0.15, 0.2) is 60.8 Å². The minimum atomic E-state index is -0.373. The van der Waals surface area contributed by atoms with Crippen LogP contribution in [0.3, 0.4) is 0 Å². The lowest BCUT2D eigenvalue weighted by Crippen LogP contribution is -2.30. The molecule has 3 aromatic rings. The van der Waals surface area contributed by atoms with Crippen molar-refractivity contribution >= 4 is 17.3 Å². The van der Waals surface area contributed by atoms with Crippen molar-refractivity contribution in [2.24, 2.45) is 0 Å². The summed E-state index contributed by atoms with van der Waals surface area (Å²) in [6, 6.07) is 16.7. The number of fused-ring (bicyclic) bond motifs is 1. The lowest BCUT2D eigenvalue weighted by molar-refractivity contribution is -0.385. The first kappa shape index (κ1) is 19.5. The zero-order chi connectivity index (χ0) is 20.4. The van der Waals surface area contributed by atoms with E-state index in [9.17, 15) is 10.1 Å². The Morgan fingerprint density at radius 2 is 2.00 bits per heavy atom. The number of methoxy groups -OCH3 is 1. The van der Waals surface area contributed by atoms with E-state index in [-0.39, 0.29) is 16.7 Å². The first-order valence-electron chi connectivity index (χ1n) is 9.53. The molecule has 6 nitrogen and oxygen atoms in total. The second-order valence-electron chi connectivity index (χ2n) is 7.13. The van der Waals surface area contributed by atoms with Crippen LogP contribution in [-0.4, -0.2) is 28.0 Å². The fraction of sp³-hybridized carbons (Fsp3) is 0.273. The van der Waals surface area contributed by atoms with Crippen LogP contribution in [0.1, 0.15) is 29.3 Å². The number of hydrogen-bond acceptors (Lipinski definition) is 4. The van der Waals surface area contributed by atoms with E-state index in [4.69, 9.17) is 16.3 Å². The number of nitrogens with zero attached hydrogens (tertiary/aromatic N) is 3. The van der Waals surface area contributed by atoms with Crippen molar-refractivity contribution in [3.63, 3.8) is 0 Å². The number of nitro benzene ring substituents is 1. The fourth-order valence-electron chi connectivity index (χ4n) is 4.08. The smallest absolute Gasteiger partial charge is 0.270 e. The number of halogens is 1. The summed E-state index contributed by atoms with van der Waals surface area (Å²) in [5.74, 6) is 0.646. The van der Waals surface area contributed by atoms with Crippen LogP contribution >= 0.6 is 11.6 Å². The van der Waals surface area contributed by atoms with Gasteiger partial charge in [0.05, 0.1) is 18.1 Å². The normalized spacial score (nSPS) is 16.8. The highest BCUT2D eigenvalue weighted by molar-refractivity contribution is 6.31. The van der Waals surface area contributed by atoms with E-state index in [1.807, 2.05) is 24.3 Å². The molecule has 0 aliphatic carbocycles. The van der Waals surface area contributed by atoms with Crippen molar-refractivity contribution in [2.75, 3.05) is 13.7 Å². The highest BCUT2D eigenvalue weighted by atomic mass is 35.5. The third kappa shape index (κ3) is 3.86. The molecule has 2 heterocycles. The van der Waals surface area contributed by atoms with E-state index in [1.165, 1.54) is 11.8 Å². The van der Waals surface area contributed by atoms with Gasteiger partial charge in [0.2, 0.25) is 0 Å². The SMILES string of the molecule is COc1ccc([N+](=O)[O-])cc1CN1CCCn2cccc2[C@@H]1c1ccccc1Cl. The zero-order valence-electron chi connectivity index (χ0n) is 16.1. The van der Waals surface area contributed by atoms with Crippen LogP contribution in [0.2, 0.25) is 5.02 Å². The highest BCUT2D eigenvalue weighted by Crippen LogP contribution is 2.37. The Hall–Kier alpha value is -2.83. The Morgan fingerprint density at radius 1 is 1.17 bits per heavy atom. The second kappa shape index (κ2) is 8.27. The molecular weight excluding hydrogens is 390 g/mol. The van der Waals surface area contributed by atoms with Crippen LogP contribution in [0, 0.1) is 10.1 Å². The summed E-state index contributed by atoms with van der Waals surface area (Å²) in [5, 5.41) is 12.0. The molecule has 0 radical (unpaired) electrons. The average Bonchev–Trinajstić information content (AvgIpc) is 3.10. The summed E-state index contributed by atoms with van der Waals surface area (Å²) in [5.41, 5.74) is 3.05. The molecule has 29 heavy (non-hydrogen) atoms. The van der Waals surface area contributed by atoms with Crippen molar-refractivity contribution in [2.45, 2.75) is 25.6 Å². The lowest BCUT2D eigenvalue weighted by atomic mass is 10.0. The lowest BCUT2D eigenvalue weighted by Gasteiger charge is -2.31. The highest BCUT2D eigenvalue weighted by Gasteiger charge is 2.29. The molecule has 1 aliphatic rings. The number of nitro groups is 1. The summed E-state index contributed by atoms with van der Waals surface area (Å²) >= 11 is 6.59. The Balaban J connectivity index is 1.79. The average molecular weight is 412 g/mol. The third-order valence-electron chi connectivity index (χ3n) is 5.40. The zero-order valence-corrected chi connectivity index (χ0v) is 16.9. The van der Waals surface area contributed by atoms with Crippen LogP contribution < -0.4 is 4.74 Å². The second-order valence-corrected chi connectivity index (χ2v) is 7.53. The van der Waals surface area contributed by atoms with E-state index in [0.29, 0.717) is 17.3 Å². The number of aryl methyl sites for hydroxylation is 1. The van der Waals surface area contributed by atoms with Gasteiger partial charge in [0, 0.05) is 54.2 Å². The van der Waals surface area contributed by atoms with Crippen molar-refractivity contribution < 1.29 is 9.66 Å². The minimum Gasteiger partial charge on any atom is -0.496 e. The predicted molar refractivity (Wildman–Crippen MR) is 112 cm³/mol. The molecule has 0 bridgehead atoms. The van der Waals surface area contributed by atoms with E-state index < -0.39 is 0 Å². The van der Waals surface area contributed by atoms with Crippen LogP contribution in [-0.2, 0) is 13.1 Å². The van der Waals surface area contributed by atoms with Gasteiger partial charge in [-0.2, -0.15) is 0 Å². The molecule has 0 amide bonds. The van der Waals surface area contributed by atoms with Crippen LogP contribution in [0.25, 0.3) is 0 Å². The fourth-order valence-corrected chi connectivity index (χ4v) is 4.32. The van der Waals surface area contributed by atoms with E-state index >= 15 is 0 Å². The Labute approximate surface area is 174 Å². The molecular formula is C22H22ClN3O3. The summed E-state index contributed by atoms with van der Waals surface area (Å²) in [6.45, 7) is 2.28. The molecule has 1 atom stereocenters. The predicted octanol–water partition coefficient (Wildman–Crippen LogP) is 5.05. The van der Waals surface area contributed by atoms with Crippen molar-refractivity contribution in [3.8, 4) is 5.75 Å². The van der Waals surface area contributed by atoms with Gasteiger partial charge in [-0.25, -0.2) is 0 Å². The largest absolute Gasteiger partial charge is 0.496 e. The number of hydrogen-bond donors (Lipinski definition) is 0. The van der Waals surface area contributed by atoms with E-state index in [0.717, 1.165) is 30.6 Å². The maximum Gasteiger partial charge on any atom is 0.270 e. The third-order valence-corrected chi connectivity index (χ3v) is 5.75. The molecule has 0 unspecified atom stereocenters. The van der Waals surface area contributed by atoms with Crippen LogP contribution in [0.5, 0.6) is 5.75 Å². The van der Waals surface area contributed by atoms with Gasteiger partial charge >= 0.3 is 0 Å². The van der Waals surface area contributed by atoms with Gasteiger partial charge in [0.1, 0.15) is 5.75 Å². The quantitative estimate of drug-likeness (QED) is 0.435. The number of benzene rings is 2. The molecule has 150 valence electrons. The van der Waals surface area contributed by atoms with Gasteiger partial charge in [0.15, 0.2) is 0 Å². The summed E-state index contributed by atoms with van der Waals surface area (Å²) in [7, 11) is 1.59. The number of ether oxygens (including phenoxy) is 1. The summed E-state index contributed by atoms with van der Waals surface area (Å²) in [6.07, 6.45) is 3.07. The molecule has 4 rings (SSSR count). The first-order valence-corrected chi connectivity index (χ1v) is 9.91. The van der Waals surface area contributed by atoms with Gasteiger partial charge < -0.3 is 9.30 Å². The topological polar surface area (TPSA) is 60.5 Å². The molecule has 2 aromatic carbocycles. The van der Waals surface area contributed by atoms with Gasteiger partial charge in [-0.1, -0.05) is 29.8 Å². The number of rotatable bonds is 5. The van der Waals surface area contributed by atoms with Gasteiger partial charge in [-0.05, 0) is 36.2 Å². The molecule has 0 saturated carbocycles. The molecule has 0 N–H and O–H groups in total. The summed E-state index contributed by atoms with van der Waals surface area (Å²) < 4.78 is 7.75. The van der Waals surface area contributed by atoms with Crippen molar-refractivity contribution in [1.29, 1.82) is 0 Å². The maximum absolute atomic E-state index is 11.3. The minimum absolute atomic E-state index is 0.0508. The van der Waals surface area contributed by atoms with E-state index in [2.05, 4.69) is 27.8 Å². The standard InChI is InChI=1S/C22H22ClN3O3/c1-29-21-10-9-17(26(27)28)14-16(21)15-25-13-5-12-24-11-4-8-20(24)22(25)18-6-2-3-7-19(18)23/h2-4,6-11,14,22H,5,12-13,15H2,1H3/t22-/m0/s1. The van der Waals surface area contributed by atoms with Crippen molar-refractivity contribution in [1.82, 2.24) is 9.47 Å². The maximum atomic E-state index is 11.3. The van der Waals surface area contributed by atoms with Gasteiger partial charge in [-0.3, -0.25) is 15.0 Å². The molecule has 0 fully saturated rings. The Morgan fingerprint density at radius 3 is 2.76 bits per heavy atom. The van der Waals surface area contributed by atoms with Gasteiger partial charge in [-0.15, -0.1) is 0 Å². The molecule has 0 spiro atoms. The first-order chi connectivity index (χ1) is 14.1.